The summed E-state index contributed by atoms with van der Waals surface area (Å²) in [6, 6.07) is 16.8. The number of phenols is 1. The second kappa shape index (κ2) is 10.7. The number of phenolic OH excluding ortho intramolecular Hbond substituents is 1. The van der Waals surface area contributed by atoms with Crippen molar-refractivity contribution in [2.45, 2.75) is 32.1 Å². The monoisotopic (exact) mass is 539 g/mol. The zero-order valence-electron chi connectivity index (χ0n) is 20.5. The molecular formula is C27H26ClN3O5S. The molecule has 0 bridgehead atoms. The molecular weight excluding hydrogens is 514 g/mol. The minimum absolute atomic E-state index is 0. The number of aromatic hydroxyl groups is 1. The Morgan fingerprint density at radius 1 is 1.00 bits per heavy atom. The van der Waals surface area contributed by atoms with Crippen LogP contribution in [-0.4, -0.2) is 31.1 Å². The topological polar surface area (TPSA) is 103 Å². The van der Waals surface area contributed by atoms with Gasteiger partial charge in [-0.1, -0.05) is 23.9 Å². The average molecular weight is 540 g/mol. The molecule has 0 radical (unpaired) electrons. The van der Waals surface area contributed by atoms with Gasteiger partial charge in [-0.2, -0.15) is 0 Å². The van der Waals surface area contributed by atoms with Gasteiger partial charge in [0.05, 0.1) is 16.3 Å². The van der Waals surface area contributed by atoms with E-state index in [1.165, 1.54) is 0 Å². The molecule has 1 aliphatic rings. The Bertz CT molecular complexity index is 1460. The summed E-state index contributed by atoms with van der Waals surface area (Å²) in [4.78, 5) is 27.8. The number of ether oxygens (including phenoxy) is 2. The maximum absolute atomic E-state index is 11.8. The lowest BCUT2D eigenvalue weighted by molar-refractivity contribution is -0.118. The number of hydrogen-bond acceptors (Lipinski definition) is 7. The summed E-state index contributed by atoms with van der Waals surface area (Å²) in [5.74, 6) is 2.82. The van der Waals surface area contributed by atoms with E-state index in [2.05, 4.69) is 10.3 Å². The first kappa shape index (κ1) is 26.4. The van der Waals surface area contributed by atoms with E-state index in [4.69, 9.17) is 9.47 Å². The van der Waals surface area contributed by atoms with Crippen LogP contribution in [0.3, 0.4) is 0 Å². The summed E-state index contributed by atoms with van der Waals surface area (Å²) in [5.41, 5.74) is 4.22. The van der Waals surface area contributed by atoms with Gasteiger partial charge >= 0.3 is 0 Å². The Morgan fingerprint density at radius 3 is 2.32 bits per heavy atom. The van der Waals surface area contributed by atoms with Crippen LogP contribution >= 0.6 is 24.2 Å². The minimum Gasteiger partial charge on any atom is -0.507 e. The van der Waals surface area contributed by atoms with Crippen molar-refractivity contribution >= 4 is 46.3 Å². The smallest absolute Gasteiger partial charge is 0.286 e. The molecule has 0 spiro atoms. The highest BCUT2D eigenvalue weighted by molar-refractivity contribution is 8.15. The Hall–Kier alpha value is -3.69. The zero-order valence-corrected chi connectivity index (χ0v) is 22.1. The first-order chi connectivity index (χ1) is 17.3. The lowest BCUT2D eigenvalue weighted by Crippen LogP contribution is -2.25. The van der Waals surface area contributed by atoms with E-state index >= 15 is 0 Å². The Balaban J connectivity index is 0.00000320. The summed E-state index contributed by atoms with van der Waals surface area (Å²) in [5, 5.41) is 11.6. The van der Waals surface area contributed by atoms with Crippen molar-refractivity contribution in [1.29, 1.82) is 0 Å². The number of nitrogens with one attached hydrogen (secondary N) is 1. The summed E-state index contributed by atoms with van der Waals surface area (Å²) in [7, 11) is 1.93. The van der Waals surface area contributed by atoms with Crippen LogP contribution in [0.2, 0.25) is 0 Å². The van der Waals surface area contributed by atoms with Gasteiger partial charge in [-0.05, 0) is 73.4 Å². The molecule has 1 aromatic heterocycles. The quantitative estimate of drug-likeness (QED) is 0.316. The highest BCUT2D eigenvalue weighted by atomic mass is 35.5. The molecule has 2 amide bonds. The van der Waals surface area contributed by atoms with Gasteiger partial charge < -0.3 is 19.1 Å². The van der Waals surface area contributed by atoms with Gasteiger partial charge in [0.2, 0.25) is 5.91 Å². The molecule has 4 aromatic rings. The molecule has 1 fully saturated rings. The average Bonchev–Trinajstić information content (AvgIpc) is 3.34. The maximum Gasteiger partial charge on any atom is 0.286 e. The summed E-state index contributed by atoms with van der Waals surface area (Å²) < 4.78 is 14.0. The molecule has 1 aliphatic heterocycles. The first-order valence-electron chi connectivity index (χ1n) is 11.4. The second-order valence-electron chi connectivity index (χ2n) is 8.77. The van der Waals surface area contributed by atoms with E-state index < -0.39 is 0 Å². The van der Waals surface area contributed by atoms with E-state index in [-0.39, 0.29) is 41.2 Å². The van der Waals surface area contributed by atoms with Crippen LogP contribution in [0.4, 0.5) is 4.79 Å². The van der Waals surface area contributed by atoms with Crippen LogP contribution < -0.4 is 14.8 Å². The van der Waals surface area contributed by atoms with Crippen LogP contribution in [0.25, 0.3) is 11.0 Å². The van der Waals surface area contributed by atoms with E-state index in [1.807, 2.05) is 67.9 Å². The van der Waals surface area contributed by atoms with Gasteiger partial charge in [0.25, 0.3) is 5.24 Å². The molecule has 2 N–H and O–H groups in total. The molecule has 1 atom stereocenters. The molecule has 37 heavy (non-hydrogen) atoms. The maximum atomic E-state index is 11.8. The van der Waals surface area contributed by atoms with Crippen LogP contribution in [0.5, 0.6) is 23.0 Å². The van der Waals surface area contributed by atoms with Crippen molar-refractivity contribution in [3.8, 4) is 23.0 Å². The van der Waals surface area contributed by atoms with Crippen LogP contribution in [-0.2, 0) is 24.9 Å². The van der Waals surface area contributed by atoms with Crippen molar-refractivity contribution in [2.24, 2.45) is 7.05 Å². The number of imide groups is 1. The van der Waals surface area contributed by atoms with Gasteiger partial charge in [-0.15, -0.1) is 12.4 Å². The third-order valence-corrected chi connectivity index (χ3v) is 7.11. The number of fused-ring (bicyclic) bond motifs is 1. The normalized spacial score (nSPS) is 14.9. The molecule has 5 rings (SSSR count). The van der Waals surface area contributed by atoms with Gasteiger partial charge in [0.15, 0.2) is 0 Å². The minimum atomic E-state index is -0.389. The fourth-order valence-corrected chi connectivity index (χ4v) is 4.99. The highest BCUT2D eigenvalue weighted by Crippen LogP contribution is 2.31. The van der Waals surface area contributed by atoms with Crippen molar-refractivity contribution in [3.05, 3.63) is 77.1 Å². The number of benzene rings is 3. The van der Waals surface area contributed by atoms with Crippen LogP contribution in [0.1, 0.15) is 22.5 Å². The molecule has 0 aliphatic carbocycles. The number of imidazole rings is 1. The lowest BCUT2D eigenvalue weighted by Gasteiger charge is -2.10. The molecule has 0 saturated carbocycles. The summed E-state index contributed by atoms with van der Waals surface area (Å²) in [6.07, 6.45) is 0.487. The number of aromatic nitrogens is 2. The first-order valence-corrected chi connectivity index (χ1v) is 12.3. The van der Waals surface area contributed by atoms with Gasteiger partial charge in [-0.3, -0.25) is 14.9 Å². The van der Waals surface area contributed by atoms with Crippen LogP contribution in [0, 0.1) is 13.8 Å². The zero-order chi connectivity index (χ0) is 25.4. The van der Waals surface area contributed by atoms with Gasteiger partial charge in [-0.25, -0.2) is 4.98 Å². The predicted molar refractivity (Wildman–Crippen MR) is 145 cm³/mol. The largest absolute Gasteiger partial charge is 0.507 e. The molecule has 192 valence electrons. The van der Waals surface area contributed by atoms with Crippen molar-refractivity contribution in [1.82, 2.24) is 14.9 Å². The predicted octanol–water partition coefficient (Wildman–Crippen LogP) is 5.58. The van der Waals surface area contributed by atoms with Crippen molar-refractivity contribution in [3.63, 3.8) is 0 Å². The van der Waals surface area contributed by atoms with Gasteiger partial charge in [0, 0.05) is 13.1 Å². The standard InChI is InChI=1S/C27H25N3O5S.ClH/c1-15-10-20(11-16(2)25(15)31)35-19-8-9-21-22(13-19)30(3)24(28-21)14-34-18-6-4-17(5-7-18)12-23-26(32)29-27(33)36-23;/h4-11,13,23,31H,12,14H2,1-3H3,(H,29,32,33);1H. The number of amides is 2. The number of thioether (sulfide) groups is 1. The number of aryl methyl sites for hydroxylation is 3. The third kappa shape index (κ3) is 5.68. The van der Waals surface area contributed by atoms with Crippen molar-refractivity contribution in [2.75, 3.05) is 0 Å². The molecule has 8 nitrogen and oxygen atoms in total. The third-order valence-electron chi connectivity index (χ3n) is 6.12. The molecule has 10 heteroatoms. The fourth-order valence-electron chi connectivity index (χ4n) is 4.13. The van der Waals surface area contributed by atoms with E-state index in [0.717, 1.165) is 45.3 Å². The van der Waals surface area contributed by atoms with Crippen molar-refractivity contribution < 1.29 is 24.2 Å². The lowest BCUT2D eigenvalue weighted by atomic mass is 10.1. The van der Waals surface area contributed by atoms with Gasteiger partial charge in [0.1, 0.15) is 35.4 Å². The second-order valence-corrected chi connectivity index (χ2v) is 9.94. The summed E-state index contributed by atoms with van der Waals surface area (Å²) >= 11 is 1.03. The SMILES string of the molecule is Cc1cc(Oc2ccc3nc(COc4ccc(CC5SC(=O)NC5=O)cc4)n(C)c3c2)cc(C)c1O.Cl. The fraction of sp³-hybridized carbons (Fsp3) is 0.222. The molecule has 1 unspecified atom stereocenters. The summed E-state index contributed by atoms with van der Waals surface area (Å²) in [6.45, 7) is 3.97. The Morgan fingerprint density at radius 2 is 1.68 bits per heavy atom. The number of carbonyl (C=O) groups excluding carboxylic acids is 2. The Kier molecular flexibility index (Phi) is 7.65. The number of carbonyl (C=O) groups is 2. The molecule has 2 heterocycles. The molecule has 1 saturated heterocycles. The van der Waals surface area contributed by atoms with E-state index in [1.54, 1.807) is 12.1 Å². The number of rotatable bonds is 7. The number of nitrogens with zero attached hydrogens (tertiary/aromatic N) is 2. The van der Waals surface area contributed by atoms with Crippen LogP contribution in [0.15, 0.2) is 54.6 Å². The molecule has 3 aromatic carbocycles. The van der Waals surface area contributed by atoms with E-state index in [0.29, 0.717) is 23.7 Å². The number of hydrogen-bond donors (Lipinski definition) is 2. The highest BCUT2D eigenvalue weighted by Gasteiger charge is 2.31. The van der Waals surface area contributed by atoms with E-state index in [9.17, 15) is 14.7 Å². The Labute approximate surface area is 224 Å². The number of halogens is 1.